The highest BCUT2D eigenvalue weighted by molar-refractivity contribution is 6.09. The highest BCUT2D eigenvalue weighted by Gasteiger charge is 1.99. The number of aliphatic imine (C=N–C) groups is 1. The molecular weight excluding hydrogens is 160 g/mol. The van der Waals surface area contributed by atoms with E-state index >= 15 is 0 Å². The van der Waals surface area contributed by atoms with Gasteiger partial charge in [-0.1, -0.05) is 32.1 Å². The molecule has 68 valence electrons. The molecule has 0 saturated carbocycles. The summed E-state index contributed by atoms with van der Waals surface area (Å²) >= 11 is 0. The van der Waals surface area contributed by atoms with Crippen molar-refractivity contribution in [3.05, 3.63) is 36.1 Å². The summed E-state index contributed by atoms with van der Waals surface area (Å²) in [6.07, 6.45) is 11.0. The Bertz CT molecular complexity index is 304. The van der Waals surface area contributed by atoms with Crippen molar-refractivity contribution in [2.45, 2.75) is 13.8 Å². The zero-order valence-electron chi connectivity index (χ0n) is 7.99. The number of nitrogens with one attached hydrogen (secondary N) is 1. The lowest BCUT2D eigenvalue weighted by atomic mass is 10.1. The molecule has 0 amide bonds. The van der Waals surface area contributed by atoms with E-state index in [4.69, 9.17) is 5.41 Å². The van der Waals surface area contributed by atoms with Gasteiger partial charge in [-0.15, -0.1) is 0 Å². The van der Waals surface area contributed by atoms with E-state index in [0.717, 1.165) is 5.57 Å². The molecule has 0 aliphatic heterocycles. The average Bonchev–Trinajstić information content (AvgIpc) is 2.08. The van der Waals surface area contributed by atoms with Gasteiger partial charge in [0.05, 0.1) is 5.71 Å². The van der Waals surface area contributed by atoms with E-state index in [1.165, 1.54) is 0 Å². The van der Waals surface area contributed by atoms with Crippen LogP contribution < -0.4 is 0 Å². The molecule has 0 heterocycles. The molecule has 0 atom stereocenters. The van der Waals surface area contributed by atoms with Crippen LogP contribution in [0.1, 0.15) is 13.8 Å². The molecule has 1 N–H and O–H groups in total. The molecule has 0 fully saturated rings. The quantitative estimate of drug-likeness (QED) is 0.625. The first kappa shape index (κ1) is 9.65. The van der Waals surface area contributed by atoms with E-state index in [9.17, 15) is 0 Å². The van der Waals surface area contributed by atoms with Crippen molar-refractivity contribution >= 4 is 11.9 Å². The molecule has 0 spiro atoms. The van der Waals surface area contributed by atoms with Crippen LogP contribution in [0.4, 0.5) is 0 Å². The molecule has 0 bridgehead atoms. The maximum absolute atomic E-state index is 7.55. The van der Waals surface area contributed by atoms with Crippen molar-refractivity contribution < 1.29 is 0 Å². The van der Waals surface area contributed by atoms with Gasteiger partial charge >= 0.3 is 0 Å². The summed E-state index contributed by atoms with van der Waals surface area (Å²) in [5, 5.41) is 7.55. The van der Waals surface area contributed by atoms with Crippen LogP contribution in [0.15, 0.2) is 41.1 Å². The Morgan fingerprint density at radius 2 is 2.00 bits per heavy atom. The van der Waals surface area contributed by atoms with E-state index < -0.39 is 0 Å². The minimum absolute atomic E-state index is 0.453. The van der Waals surface area contributed by atoms with Crippen molar-refractivity contribution in [2.24, 2.45) is 10.9 Å². The van der Waals surface area contributed by atoms with Crippen molar-refractivity contribution in [1.82, 2.24) is 0 Å². The van der Waals surface area contributed by atoms with Gasteiger partial charge in [-0.05, 0) is 12.0 Å². The summed E-state index contributed by atoms with van der Waals surface area (Å²) in [5.41, 5.74) is 1.38. The number of allylic oxidation sites excluding steroid dienone is 5. The van der Waals surface area contributed by atoms with Crippen LogP contribution in [0.25, 0.3) is 0 Å². The first-order chi connectivity index (χ1) is 6.20. The topological polar surface area (TPSA) is 36.2 Å². The molecule has 0 radical (unpaired) electrons. The lowest BCUT2D eigenvalue weighted by Gasteiger charge is -2.01. The Morgan fingerprint density at radius 3 is 2.62 bits per heavy atom. The van der Waals surface area contributed by atoms with Crippen molar-refractivity contribution in [2.75, 3.05) is 0 Å². The maximum Gasteiger partial charge on any atom is 0.0627 e. The predicted molar refractivity (Wildman–Crippen MR) is 57.4 cm³/mol. The van der Waals surface area contributed by atoms with Crippen LogP contribution in [0.3, 0.4) is 0 Å². The summed E-state index contributed by atoms with van der Waals surface area (Å²) in [7, 11) is 0. The molecule has 0 aromatic heterocycles. The fraction of sp³-hybridized carbons (Fsp3) is 0.273. The zero-order chi connectivity index (χ0) is 9.68. The largest absolute Gasteiger partial charge is 0.300 e. The lowest BCUT2D eigenvalue weighted by Crippen LogP contribution is -1.97. The Kier molecular flexibility index (Phi) is 3.38. The van der Waals surface area contributed by atoms with Crippen LogP contribution in [-0.2, 0) is 0 Å². The second-order valence-corrected chi connectivity index (χ2v) is 3.26. The van der Waals surface area contributed by atoms with Crippen LogP contribution in [0, 0.1) is 11.3 Å². The second kappa shape index (κ2) is 4.55. The molecule has 2 nitrogen and oxygen atoms in total. The summed E-state index contributed by atoms with van der Waals surface area (Å²) < 4.78 is 0. The van der Waals surface area contributed by atoms with Gasteiger partial charge in [-0.25, -0.2) is 0 Å². The highest BCUT2D eigenvalue weighted by Crippen LogP contribution is 2.06. The van der Waals surface area contributed by atoms with Gasteiger partial charge in [-0.3, -0.25) is 4.99 Å². The molecule has 1 aliphatic carbocycles. The molecule has 1 rings (SSSR count). The van der Waals surface area contributed by atoms with Gasteiger partial charge in [0.2, 0.25) is 0 Å². The first-order valence-corrected chi connectivity index (χ1v) is 4.37. The first-order valence-electron chi connectivity index (χ1n) is 4.37. The minimum atomic E-state index is 0.453. The van der Waals surface area contributed by atoms with E-state index in [1.807, 2.05) is 24.4 Å². The molecule has 0 aromatic carbocycles. The smallest absolute Gasteiger partial charge is 0.0627 e. The van der Waals surface area contributed by atoms with E-state index in [0.29, 0.717) is 11.6 Å². The van der Waals surface area contributed by atoms with E-state index in [2.05, 4.69) is 18.8 Å². The van der Waals surface area contributed by atoms with Gasteiger partial charge in [0.1, 0.15) is 0 Å². The molecule has 0 aromatic rings. The third-order valence-electron chi connectivity index (χ3n) is 1.56. The number of rotatable bonds is 2. The molecule has 13 heavy (non-hydrogen) atoms. The van der Waals surface area contributed by atoms with Gasteiger partial charge in [0.25, 0.3) is 0 Å². The van der Waals surface area contributed by atoms with Crippen molar-refractivity contribution in [1.29, 1.82) is 5.41 Å². The Labute approximate surface area is 78.9 Å². The normalized spacial score (nSPS) is 19.6. The third kappa shape index (κ3) is 3.20. The standard InChI is InChI=1S/C11H14N2/c1-9(2)7-13-8-10-5-3-4-6-11(10)12/h3-9,12H,1-2H3/b10-8-,12-11?,13-7-. The van der Waals surface area contributed by atoms with Crippen LogP contribution in [0.2, 0.25) is 0 Å². The Hall–Kier alpha value is -1.44. The Morgan fingerprint density at radius 1 is 1.31 bits per heavy atom. The monoisotopic (exact) mass is 174 g/mol. The minimum Gasteiger partial charge on any atom is -0.300 e. The molecular formula is C11H14N2. The number of hydrogen-bond acceptors (Lipinski definition) is 2. The van der Waals surface area contributed by atoms with Gasteiger partial charge in [0.15, 0.2) is 0 Å². The number of hydrogen-bond donors (Lipinski definition) is 1. The predicted octanol–water partition coefficient (Wildman–Crippen LogP) is 2.74. The van der Waals surface area contributed by atoms with Gasteiger partial charge in [0, 0.05) is 18.0 Å². The SMILES string of the molecule is CC(C)/C=N\C=C1\C=CC=CC1=N. The maximum atomic E-state index is 7.55. The van der Waals surface area contributed by atoms with Gasteiger partial charge in [-0.2, -0.15) is 0 Å². The van der Waals surface area contributed by atoms with Crippen molar-refractivity contribution in [3.8, 4) is 0 Å². The summed E-state index contributed by atoms with van der Waals surface area (Å²) in [6, 6.07) is 0. The zero-order valence-corrected chi connectivity index (χ0v) is 7.99. The van der Waals surface area contributed by atoms with Crippen LogP contribution in [-0.4, -0.2) is 11.9 Å². The molecule has 2 heteroatoms. The fourth-order valence-electron chi connectivity index (χ4n) is 0.905. The van der Waals surface area contributed by atoms with E-state index in [-0.39, 0.29) is 0 Å². The van der Waals surface area contributed by atoms with Crippen molar-refractivity contribution in [3.63, 3.8) is 0 Å². The summed E-state index contributed by atoms with van der Waals surface area (Å²) in [5.74, 6) is 0.453. The summed E-state index contributed by atoms with van der Waals surface area (Å²) in [6.45, 7) is 4.15. The third-order valence-corrected chi connectivity index (χ3v) is 1.56. The lowest BCUT2D eigenvalue weighted by molar-refractivity contribution is 0.907. The average molecular weight is 174 g/mol. The van der Waals surface area contributed by atoms with Crippen LogP contribution >= 0.6 is 0 Å². The molecule has 1 aliphatic rings. The van der Waals surface area contributed by atoms with Crippen LogP contribution in [0.5, 0.6) is 0 Å². The summed E-state index contributed by atoms with van der Waals surface area (Å²) in [4.78, 5) is 4.13. The highest BCUT2D eigenvalue weighted by atomic mass is 14.7. The molecule has 0 unspecified atom stereocenters. The second-order valence-electron chi connectivity index (χ2n) is 3.26. The fourth-order valence-corrected chi connectivity index (χ4v) is 0.905. The van der Waals surface area contributed by atoms with Gasteiger partial charge < -0.3 is 5.41 Å². The van der Waals surface area contributed by atoms with E-state index in [1.54, 1.807) is 12.3 Å². The number of nitrogens with zero attached hydrogens (tertiary/aromatic N) is 1. The molecule has 0 saturated heterocycles. The Balaban J connectivity index is 2.67.